The highest BCUT2D eigenvalue weighted by atomic mass is 16.5. The quantitative estimate of drug-likeness (QED) is 0.677. The Kier molecular flexibility index (Phi) is 5.35. The van der Waals surface area contributed by atoms with Crippen molar-refractivity contribution in [3.63, 3.8) is 0 Å². The molecule has 3 heteroatoms. The van der Waals surface area contributed by atoms with Crippen LogP contribution in [0.1, 0.15) is 26.2 Å². The lowest BCUT2D eigenvalue weighted by atomic mass is 10.2. The van der Waals surface area contributed by atoms with Crippen LogP contribution in [0.15, 0.2) is 0 Å². The van der Waals surface area contributed by atoms with Crippen molar-refractivity contribution >= 4 is 0 Å². The molecular formula is C10H21NO2. The van der Waals surface area contributed by atoms with Crippen LogP contribution in [-0.2, 0) is 9.47 Å². The normalized spacial score (nSPS) is 24.9. The zero-order chi connectivity index (χ0) is 9.52. The highest BCUT2D eigenvalue weighted by Gasteiger charge is 2.15. The number of nitrogens with one attached hydrogen (secondary N) is 1. The van der Waals surface area contributed by atoms with Crippen molar-refractivity contribution in [3.8, 4) is 0 Å². The van der Waals surface area contributed by atoms with Gasteiger partial charge in [-0.1, -0.05) is 0 Å². The van der Waals surface area contributed by atoms with Crippen LogP contribution in [0.2, 0.25) is 0 Å². The average molecular weight is 187 g/mol. The molecule has 1 fully saturated rings. The molecule has 1 N–H and O–H groups in total. The minimum atomic E-state index is 0.311. The van der Waals surface area contributed by atoms with Crippen molar-refractivity contribution in [1.29, 1.82) is 0 Å². The van der Waals surface area contributed by atoms with E-state index in [-0.39, 0.29) is 0 Å². The summed E-state index contributed by atoms with van der Waals surface area (Å²) in [5, 5.41) is 3.09. The van der Waals surface area contributed by atoms with Crippen molar-refractivity contribution in [3.05, 3.63) is 0 Å². The van der Waals surface area contributed by atoms with E-state index in [0.717, 1.165) is 26.2 Å². The second-order valence-corrected chi connectivity index (χ2v) is 3.66. The van der Waals surface area contributed by atoms with Gasteiger partial charge in [0.2, 0.25) is 0 Å². The van der Waals surface area contributed by atoms with Gasteiger partial charge in [0.05, 0.1) is 12.2 Å². The molecule has 2 unspecified atom stereocenters. The number of hydrogen-bond donors (Lipinski definition) is 1. The van der Waals surface area contributed by atoms with Crippen LogP contribution in [0.25, 0.3) is 0 Å². The summed E-state index contributed by atoms with van der Waals surface area (Å²) in [6.07, 6.45) is 4.25. The molecule has 0 aromatic rings. The van der Waals surface area contributed by atoms with Gasteiger partial charge in [0, 0.05) is 19.8 Å². The Bertz CT molecular complexity index is 124. The molecule has 1 aliphatic rings. The Morgan fingerprint density at radius 2 is 2.46 bits per heavy atom. The smallest absolute Gasteiger partial charge is 0.0671 e. The van der Waals surface area contributed by atoms with E-state index in [1.54, 1.807) is 0 Å². The molecule has 0 aliphatic carbocycles. The molecule has 1 heterocycles. The summed E-state index contributed by atoms with van der Waals surface area (Å²) in [4.78, 5) is 0. The van der Waals surface area contributed by atoms with E-state index in [4.69, 9.17) is 9.47 Å². The first kappa shape index (κ1) is 11.0. The topological polar surface area (TPSA) is 30.5 Å². The Hall–Kier alpha value is -0.120. The minimum Gasteiger partial charge on any atom is -0.378 e. The summed E-state index contributed by atoms with van der Waals surface area (Å²) >= 11 is 0. The van der Waals surface area contributed by atoms with E-state index in [1.165, 1.54) is 12.8 Å². The molecule has 0 amide bonds. The Morgan fingerprint density at radius 1 is 1.62 bits per heavy atom. The molecule has 1 aliphatic heterocycles. The second-order valence-electron chi connectivity index (χ2n) is 3.66. The van der Waals surface area contributed by atoms with Crippen LogP contribution in [0, 0.1) is 0 Å². The van der Waals surface area contributed by atoms with Gasteiger partial charge in [-0.15, -0.1) is 0 Å². The fourth-order valence-electron chi connectivity index (χ4n) is 1.62. The van der Waals surface area contributed by atoms with Crippen LogP contribution in [-0.4, -0.2) is 39.0 Å². The lowest BCUT2D eigenvalue weighted by molar-refractivity contribution is 0.0285. The van der Waals surface area contributed by atoms with Crippen LogP contribution >= 0.6 is 0 Å². The Morgan fingerprint density at radius 3 is 3.08 bits per heavy atom. The fourth-order valence-corrected chi connectivity index (χ4v) is 1.62. The lowest BCUT2D eigenvalue weighted by Crippen LogP contribution is -2.24. The van der Waals surface area contributed by atoms with Crippen LogP contribution in [0.5, 0.6) is 0 Å². The molecule has 1 saturated heterocycles. The van der Waals surface area contributed by atoms with Gasteiger partial charge in [-0.25, -0.2) is 0 Å². The van der Waals surface area contributed by atoms with Crippen molar-refractivity contribution < 1.29 is 9.47 Å². The summed E-state index contributed by atoms with van der Waals surface area (Å²) in [6.45, 7) is 4.78. The molecule has 0 aromatic heterocycles. The van der Waals surface area contributed by atoms with Gasteiger partial charge >= 0.3 is 0 Å². The van der Waals surface area contributed by atoms with Gasteiger partial charge in [-0.2, -0.15) is 0 Å². The van der Waals surface area contributed by atoms with E-state index in [0.29, 0.717) is 12.2 Å². The first-order valence-electron chi connectivity index (χ1n) is 5.20. The Balaban J connectivity index is 1.93. The number of hydrogen-bond acceptors (Lipinski definition) is 3. The lowest BCUT2D eigenvalue weighted by Gasteiger charge is -2.14. The molecule has 0 spiro atoms. The largest absolute Gasteiger partial charge is 0.378 e. The van der Waals surface area contributed by atoms with Crippen LogP contribution in [0.3, 0.4) is 0 Å². The fraction of sp³-hybridized carbons (Fsp3) is 1.00. The van der Waals surface area contributed by atoms with Crippen molar-refractivity contribution in [2.45, 2.75) is 38.4 Å². The predicted octanol–water partition coefficient (Wildman–Crippen LogP) is 1.18. The number of likely N-dealkylation sites (N-methyl/N-ethyl adjacent to an activating group) is 1. The summed E-state index contributed by atoms with van der Waals surface area (Å²) in [6, 6.07) is 0. The molecule has 0 saturated carbocycles. The zero-order valence-electron chi connectivity index (χ0n) is 8.71. The molecule has 3 nitrogen and oxygen atoms in total. The van der Waals surface area contributed by atoms with E-state index >= 15 is 0 Å². The molecule has 0 aromatic carbocycles. The SMILES string of the molecule is CNCC(C)OCCC1CCCO1. The van der Waals surface area contributed by atoms with E-state index in [2.05, 4.69) is 12.2 Å². The summed E-state index contributed by atoms with van der Waals surface area (Å²) < 4.78 is 11.1. The second kappa shape index (κ2) is 6.35. The molecule has 78 valence electrons. The summed E-state index contributed by atoms with van der Waals surface area (Å²) in [5.74, 6) is 0. The van der Waals surface area contributed by atoms with E-state index < -0.39 is 0 Å². The molecule has 1 rings (SSSR count). The molecular weight excluding hydrogens is 166 g/mol. The summed E-state index contributed by atoms with van der Waals surface area (Å²) in [7, 11) is 1.94. The molecule has 0 bridgehead atoms. The third kappa shape index (κ3) is 4.60. The summed E-state index contributed by atoms with van der Waals surface area (Å²) in [5.41, 5.74) is 0. The minimum absolute atomic E-state index is 0.311. The van der Waals surface area contributed by atoms with Gasteiger partial charge in [-0.05, 0) is 33.2 Å². The number of rotatable bonds is 6. The van der Waals surface area contributed by atoms with Gasteiger partial charge in [-0.3, -0.25) is 0 Å². The van der Waals surface area contributed by atoms with Gasteiger partial charge in [0.1, 0.15) is 0 Å². The van der Waals surface area contributed by atoms with Crippen molar-refractivity contribution in [2.75, 3.05) is 26.8 Å². The maximum atomic E-state index is 5.60. The highest BCUT2D eigenvalue weighted by molar-refractivity contribution is 4.64. The first-order valence-corrected chi connectivity index (χ1v) is 5.20. The highest BCUT2D eigenvalue weighted by Crippen LogP contribution is 2.15. The zero-order valence-corrected chi connectivity index (χ0v) is 8.71. The van der Waals surface area contributed by atoms with Crippen LogP contribution < -0.4 is 5.32 Å². The Labute approximate surface area is 80.8 Å². The first-order chi connectivity index (χ1) is 6.33. The number of ether oxygens (including phenoxy) is 2. The standard InChI is InChI=1S/C10H21NO2/c1-9(8-11-2)12-7-5-10-4-3-6-13-10/h9-11H,3-8H2,1-2H3. The van der Waals surface area contributed by atoms with E-state index in [9.17, 15) is 0 Å². The van der Waals surface area contributed by atoms with Crippen molar-refractivity contribution in [2.24, 2.45) is 0 Å². The monoisotopic (exact) mass is 187 g/mol. The van der Waals surface area contributed by atoms with Gasteiger partial charge in [0.25, 0.3) is 0 Å². The third-order valence-corrected chi connectivity index (χ3v) is 2.36. The van der Waals surface area contributed by atoms with Crippen LogP contribution in [0.4, 0.5) is 0 Å². The van der Waals surface area contributed by atoms with Gasteiger partial charge < -0.3 is 14.8 Å². The van der Waals surface area contributed by atoms with E-state index in [1.807, 2.05) is 7.05 Å². The predicted molar refractivity (Wildman–Crippen MR) is 52.9 cm³/mol. The maximum absolute atomic E-state index is 5.60. The molecule has 2 atom stereocenters. The average Bonchev–Trinajstić information content (AvgIpc) is 2.57. The van der Waals surface area contributed by atoms with Crippen molar-refractivity contribution in [1.82, 2.24) is 5.32 Å². The maximum Gasteiger partial charge on any atom is 0.0671 e. The van der Waals surface area contributed by atoms with Gasteiger partial charge in [0.15, 0.2) is 0 Å². The molecule has 13 heavy (non-hydrogen) atoms. The molecule has 0 radical (unpaired) electrons. The third-order valence-electron chi connectivity index (χ3n) is 2.36.